The quantitative estimate of drug-likeness (QED) is 0.802. The van der Waals surface area contributed by atoms with Crippen LogP contribution in [0.5, 0.6) is 0 Å². The Morgan fingerprint density at radius 1 is 1.00 bits per heavy atom. The first-order chi connectivity index (χ1) is 13.5. The summed E-state index contributed by atoms with van der Waals surface area (Å²) in [5.74, 6) is 0.273. The van der Waals surface area contributed by atoms with Crippen LogP contribution in [0.4, 0.5) is 0 Å². The van der Waals surface area contributed by atoms with Crippen LogP contribution >= 0.6 is 0 Å². The van der Waals surface area contributed by atoms with Crippen LogP contribution in [-0.4, -0.2) is 66.0 Å². The minimum Gasteiger partial charge on any atom is -0.378 e. The van der Waals surface area contributed by atoms with E-state index in [1.807, 2.05) is 47.9 Å². The van der Waals surface area contributed by atoms with Gasteiger partial charge in [-0.05, 0) is 44.9 Å². The lowest BCUT2D eigenvalue weighted by Gasteiger charge is -2.35. The van der Waals surface area contributed by atoms with Gasteiger partial charge in [0.15, 0.2) is 0 Å². The molecular formula is C22H27N3O3. The molecule has 2 amide bonds. The Morgan fingerprint density at radius 2 is 1.71 bits per heavy atom. The molecular weight excluding hydrogens is 354 g/mol. The molecule has 0 aliphatic carbocycles. The topological polar surface area (TPSA) is 62.7 Å². The third-order valence-corrected chi connectivity index (χ3v) is 5.78. The van der Waals surface area contributed by atoms with Crippen LogP contribution in [0.2, 0.25) is 0 Å². The summed E-state index contributed by atoms with van der Waals surface area (Å²) in [6, 6.07) is 7.91. The third-order valence-electron chi connectivity index (χ3n) is 5.78. The second-order valence-corrected chi connectivity index (χ2v) is 7.84. The highest BCUT2D eigenvalue weighted by molar-refractivity contribution is 6.06. The first kappa shape index (κ1) is 18.9. The van der Waals surface area contributed by atoms with Gasteiger partial charge in [0.1, 0.15) is 0 Å². The van der Waals surface area contributed by atoms with E-state index >= 15 is 0 Å². The van der Waals surface area contributed by atoms with Crippen molar-refractivity contribution in [2.75, 3.05) is 39.4 Å². The molecule has 1 aromatic carbocycles. The van der Waals surface area contributed by atoms with Crippen molar-refractivity contribution in [3.8, 4) is 0 Å². The molecule has 6 heteroatoms. The number of hydrogen-bond acceptors (Lipinski definition) is 4. The number of aromatic nitrogens is 1. The van der Waals surface area contributed by atoms with Crippen molar-refractivity contribution < 1.29 is 14.3 Å². The third kappa shape index (κ3) is 3.74. The normalized spacial score (nSPS) is 18.5. The van der Waals surface area contributed by atoms with Crippen LogP contribution < -0.4 is 0 Å². The van der Waals surface area contributed by atoms with Crippen LogP contribution in [0.1, 0.15) is 34.5 Å². The molecule has 28 heavy (non-hydrogen) atoms. The molecule has 3 heterocycles. The zero-order valence-corrected chi connectivity index (χ0v) is 16.6. The molecule has 0 radical (unpaired) electrons. The maximum atomic E-state index is 13.2. The average Bonchev–Trinajstić information content (AvgIpc) is 2.73. The van der Waals surface area contributed by atoms with E-state index in [1.54, 1.807) is 0 Å². The molecule has 0 bridgehead atoms. The number of nitrogens with zero attached hydrogens (tertiary/aromatic N) is 3. The molecule has 148 valence electrons. The highest BCUT2D eigenvalue weighted by Crippen LogP contribution is 2.25. The lowest BCUT2D eigenvalue weighted by atomic mass is 9.94. The lowest BCUT2D eigenvalue weighted by Crippen LogP contribution is -2.47. The number of pyridine rings is 1. The summed E-state index contributed by atoms with van der Waals surface area (Å²) in [5, 5.41) is 0.905. The average molecular weight is 381 g/mol. The van der Waals surface area contributed by atoms with Gasteiger partial charge in [-0.25, -0.2) is 0 Å². The van der Waals surface area contributed by atoms with Crippen molar-refractivity contribution in [3.05, 3.63) is 41.1 Å². The molecule has 2 aliphatic rings. The van der Waals surface area contributed by atoms with Gasteiger partial charge in [0, 0.05) is 43.2 Å². The van der Waals surface area contributed by atoms with E-state index in [1.165, 1.54) is 0 Å². The lowest BCUT2D eigenvalue weighted by molar-refractivity contribution is -0.141. The first-order valence-electron chi connectivity index (χ1n) is 10.1. The van der Waals surface area contributed by atoms with Crippen molar-refractivity contribution >= 4 is 22.7 Å². The Kier molecular flexibility index (Phi) is 5.31. The Labute approximate surface area is 165 Å². The van der Waals surface area contributed by atoms with Gasteiger partial charge in [-0.2, -0.15) is 0 Å². The van der Waals surface area contributed by atoms with E-state index in [2.05, 4.69) is 4.98 Å². The van der Waals surface area contributed by atoms with Gasteiger partial charge >= 0.3 is 0 Å². The first-order valence-corrected chi connectivity index (χ1v) is 10.1. The number of rotatable bonds is 2. The summed E-state index contributed by atoms with van der Waals surface area (Å²) < 4.78 is 5.34. The SMILES string of the molecule is Cc1ccc2nc(C)cc(C(=O)N3CCC(C(=O)N4CCOCC4)CC3)c2c1. The molecule has 6 nitrogen and oxygen atoms in total. The van der Waals surface area contributed by atoms with Gasteiger partial charge in [0.25, 0.3) is 5.91 Å². The standard InChI is InChI=1S/C22H27N3O3/c1-15-3-4-20-18(13-15)19(14-16(2)23-20)22(27)24-7-5-17(6-8-24)21(26)25-9-11-28-12-10-25/h3-4,13-14,17H,5-12H2,1-2H3. The number of carbonyl (C=O) groups excluding carboxylic acids is 2. The Bertz CT molecular complexity index is 897. The number of morpholine rings is 1. The number of aryl methyl sites for hydroxylation is 2. The van der Waals surface area contributed by atoms with Gasteiger partial charge in [-0.3, -0.25) is 14.6 Å². The van der Waals surface area contributed by atoms with Crippen LogP contribution in [0.25, 0.3) is 10.9 Å². The van der Waals surface area contributed by atoms with E-state index in [9.17, 15) is 9.59 Å². The van der Waals surface area contributed by atoms with Crippen molar-refractivity contribution in [1.82, 2.24) is 14.8 Å². The summed E-state index contributed by atoms with van der Waals surface area (Å²) >= 11 is 0. The number of likely N-dealkylation sites (tertiary alicyclic amines) is 1. The largest absolute Gasteiger partial charge is 0.378 e. The summed E-state index contributed by atoms with van der Waals surface area (Å²) in [6.45, 7) is 7.79. The predicted molar refractivity (Wildman–Crippen MR) is 107 cm³/mol. The van der Waals surface area contributed by atoms with Crippen LogP contribution in [0, 0.1) is 19.8 Å². The molecule has 2 fully saturated rings. The maximum absolute atomic E-state index is 13.2. The Morgan fingerprint density at radius 3 is 2.43 bits per heavy atom. The highest BCUT2D eigenvalue weighted by atomic mass is 16.5. The van der Waals surface area contributed by atoms with E-state index in [-0.39, 0.29) is 17.7 Å². The predicted octanol–water partition coefficient (Wildman–Crippen LogP) is 2.56. The van der Waals surface area contributed by atoms with Gasteiger partial charge in [-0.15, -0.1) is 0 Å². The summed E-state index contributed by atoms with van der Waals surface area (Å²) in [4.78, 5) is 34.3. The molecule has 2 aliphatic heterocycles. The van der Waals surface area contributed by atoms with Gasteiger partial charge in [0.05, 0.1) is 24.3 Å². The summed E-state index contributed by atoms with van der Waals surface area (Å²) in [6.07, 6.45) is 1.45. The fraction of sp³-hybridized carbons (Fsp3) is 0.500. The van der Waals surface area contributed by atoms with Gasteiger partial charge < -0.3 is 14.5 Å². The molecule has 0 atom stereocenters. The molecule has 0 unspecified atom stereocenters. The smallest absolute Gasteiger partial charge is 0.254 e. The Hall–Kier alpha value is -2.47. The van der Waals surface area contributed by atoms with Crippen molar-refractivity contribution in [1.29, 1.82) is 0 Å². The number of ether oxygens (including phenoxy) is 1. The summed E-state index contributed by atoms with van der Waals surface area (Å²) in [7, 11) is 0. The number of amides is 2. The number of piperidine rings is 1. The van der Waals surface area contributed by atoms with Crippen LogP contribution in [-0.2, 0) is 9.53 Å². The van der Waals surface area contributed by atoms with Gasteiger partial charge in [-0.1, -0.05) is 11.6 Å². The number of fused-ring (bicyclic) bond motifs is 1. The minimum atomic E-state index is 0.0142. The number of hydrogen-bond donors (Lipinski definition) is 0. The maximum Gasteiger partial charge on any atom is 0.254 e. The van der Waals surface area contributed by atoms with Crippen molar-refractivity contribution in [2.24, 2.45) is 5.92 Å². The molecule has 2 aromatic rings. The van der Waals surface area contributed by atoms with Crippen molar-refractivity contribution in [2.45, 2.75) is 26.7 Å². The fourth-order valence-corrected chi connectivity index (χ4v) is 4.19. The fourth-order valence-electron chi connectivity index (χ4n) is 4.19. The molecule has 2 saturated heterocycles. The Balaban J connectivity index is 1.48. The van der Waals surface area contributed by atoms with E-state index in [0.29, 0.717) is 45.0 Å². The molecule has 1 aromatic heterocycles. The van der Waals surface area contributed by atoms with Crippen LogP contribution in [0.3, 0.4) is 0 Å². The van der Waals surface area contributed by atoms with E-state index in [0.717, 1.165) is 35.0 Å². The second-order valence-electron chi connectivity index (χ2n) is 7.84. The number of carbonyl (C=O) groups is 2. The van der Waals surface area contributed by atoms with Gasteiger partial charge in [0.2, 0.25) is 5.91 Å². The summed E-state index contributed by atoms with van der Waals surface area (Å²) in [5.41, 5.74) is 3.52. The molecule has 0 N–H and O–H groups in total. The highest BCUT2D eigenvalue weighted by Gasteiger charge is 2.31. The molecule has 0 saturated carbocycles. The van der Waals surface area contributed by atoms with Crippen LogP contribution in [0.15, 0.2) is 24.3 Å². The zero-order valence-electron chi connectivity index (χ0n) is 16.6. The van der Waals surface area contributed by atoms with E-state index in [4.69, 9.17) is 4.74 Å². The molecule has 0 spiro atoms. The molecule has 4 rings (SSSR count). The van der Waals surface area contributed by atoms with E-state index < -0.39 is 0 Å². The van der Waals surface area contributed by atoms with Crippen molar-refractivity contribution in [3.63, 3.8) is 0 Å². The minimum absolute atomic E-state index is 0.0142. The second kappa shape index (κ2) is 7.87. The number of benzene rings is 1. The zero-order chi connectivity index (χ0) is 19.7. The monoisotopic (exact) mass is 381 g/mol.